The summed E-state index contributed by atoms with van der Waals surface area (Å²) in [6.45, 7) is 13.4. The zero-order chi connectivity index (χ0) is 33.0. The van der Waals surface area contributed by atoms with Gasteiger partial charge in [0.15, 0.2) is 0 Å². The van der Waals surface area contributed by atoms with Gasteiger partial charge in [0.1, 0.15) is 0 Å². The van der Waals surface area contributed by atoms with Crippen LogP contribution >= 0.6 is 0 Å². The summed E-state index contributed by atoms with van der Waals surface area (Å²) in [6, 6.07) is 17.9. The van der Waals surface area contributed by atoms with E-state index in [-0.39, 0.29) is 0 Å². The molecule has 45 heavy (non-hydrogen) atoms. The first-order valence-electron chi connectivity index (χ1n) is 17.9. The first-order chi connectivity index (χ1) is 22.1. The van der Waals surface area contributed by atoms with E-state index < -0.39 is 0 Å². The van der Waals surface area contributed by atoms with Crippen LogP contribution < -0.4 is 0 Å². The molecule has 250 valence electrons. The SMILES string of the molecule is CCCCCC#CCCc1ccccc1C(=C(CC)C(=C=[N+]=[N-])CCCCC)c1cccc(CCCCCC)c1.C[CH2][Pd][CH2]C. The quantitative estimate of drug-likeness (QED) is 0.0251. The Bertz CT molecular complexity index is 1250. The third kappa shape index (κ3) is 17.2. The van der Waals surface area contributed by atoms with E-state index in [9.17, 15) is 5.53 Å². The van der Waals surface area contributed by atoms with Gasteiger partial charge in [-0.1, -0.05) is 121 Å². The standard InChI is InChI=1S/C38H52N2.2C2H5.Pd/c1-5-9-12-14-15-16-19-25-33-26-20-21-29-37(33)38(36(8-4)35(31-40-39)27-17-11-7-3)34-28-22-24-32(30-34)23-18-13-10-6-2;2*1-2;/h20-22,24,26,28-30H,5-14,17-19,23,25,27H2,1-4H3;2*1H2,2H3;. The van der Waals surface area contributed by atoms with Crippen LogP contribution in [0.4, 0.5) is 0 Å². The van der Waals surface area contributed by atoms with Crippen molar-refractivity contribution in [3.8, 4) is 11.8 Å². The summed E-state index contributed by atoms with van der Waals surface area (Å²) >= 11 is 1.04. The molecule has 0 aliphatic rings. The fourth-order valence-electron chi connectivity index (χ4n) is 5.54. The average molecular weight is 701 g/mol. The summed E-state index contributed by atoms with van der Waals surface area (Å²) in [5, 5.41) is 0. The molecule has 2 aromatic carbocycles. The second-order valence-electron chi connectivity index (χ2n) is 11.4. The van der Waals surface area contributed by atoms with Gasteiger partial charge in [-0.05, 0) is 78.3 Å². The molecule has 0 amide bonds. The summed E-state index contributed by atoms with van der Waals surface area (Å²) in [4.78, 5) is 6.19. The topological polar surface area (TPSA) is 36.4 Å². The van der Waals surface area contributed by atoms with Crippen LogP contribution in [0.3, 0.4) is 0 Å². The molecule has 0 fully saturated rings. The van der Waals surface area contributed by atoms with Gasteiger partial charge in [0.25, 0.3) is 0 Å². The molecule has 0 aliphatic carbocycles. The third-order valence-corrected chi connectivity index (χ3v) is 9.48. The summed E-state index contributed by atoms with van der Waals surface area (Å²) in [6.07, 6.45) is 17.8. The van der Waals surface area contributed by atoms with Crippen LogP contribution in [-0.4, -0.2) is 10.7 Å². The van der Waals surface area contributed by atoms with Crippen molar-refractivity contribution in [1.29, 1.82) is 0 Å². The molecule has 3 heteroatoms. The Kier molecular flexibility index (Phi) is 25.1. The van der Waals surface area contributed by atoms with E-state index in [1.807, 2.05) is 0 Å². The van der Waals surface area contributed by atoms with E-state index in [2.05, 4.69) is 113 Å². The normalized spacial score (nSPS) is 11.0. The van der Waals surface area contributed by atoms with E-state index in [1.165, 1.54) is 88.1 Å². The molecule has 2 nitrogen and oxygen atoms in total. The number of nitrogens with zero attached hydrogens (tertiary/aromatic N) is 2. The zero-order valence-corrected chi connectivity index (χ0v) is 31.1. The second-order valence-corrected chi connectivity index (χ2v) is 14.4. The number of unbranched alkanes of at least 4 members (excludes halogenated alkanes) is 8. The van der Waals surface area contributed by atoms with E-state index in [4.69, 9.17) is 0 Å². The number of hydrogen-bond acceptors (Lipinski definition) is 0. The Balaban J connectivity index is 0.00000187. The first-order valence-corrected chi connectivity index (χ1v) is 20.1. The molecule has 2 aromatic rings. The zero-order valence-electron chi connectivity index (χ0n) is 29.6. The van der Waals surface area contributed by atoms with Gasteiger partial charge in [-0.2, -0.15) is 0 Å². The molecular formula is C42H62N2Pd. The van der Waals surface area contributed by atoms with Gasteiger partial charge in [0.05, 0.1) is 5.57 Å². The third-order valence-electron chi connectivity index (χ3n) is 7.92. The predicted molar refractivity (Wildman–Crippen MR) is 195 cm³/mol. The summed E-state index contributed by atoms with van der Waals surface area (Å²) in [5.74, 6) is 9.81. The number of hydrogen-bond donors (Lipinski definition) is 0. The van der Waals surface area contributed by atoms with Crippen LogP contribution in [0.25, 0.3) is 11.1 Å². The maximum atomic E-state index is 9.58. The number of rotatable bonds is 20. The minimum absolute atomic E-state index is 0.853. The van der Waals surface area contributed by atoms with Crippen molar-refractivity contribution in [3.63, 3.8) is 0 Å². The maximum absolute atomic E-state index is 9.58. The van der Waals surface area contributed by atoms with Gasteiger partial charge < -0.3 is 5.53 Å². The molecule has 0 spiro atoms. The van der Waals surface area contributed by atoms with Crippen LogP contribution in [0.2, 0.25) is 9.79 Å². The Morgan fingerprint density at radius 1 is 0.711 bits per heavy atom. The fraction of sp³-hybridized carbons (Fsp3) is 0.571. The fourth-order valence-corrected chi connectivity index (χ4v) is 6.31. The van der Waals surface area contributed by atoms with E-state index in [0.717, 1.165) is 81.3 Å². The molecule has 0 N–H and O–H groups in total. The Morgan fingerprint density at radius 3 is 2.07 bits per heavy atom. The molecule has 0 saturated heterocycles. The Labute approximate surface area is 286 Å². The number of benzene rings is 2. The van der Waals surface area contributed by atoms with E-state index in [0.29, 0.717) is 0 Å². The molecule has 0 aromatic heterocycles. The molecule has 0 saturated carbocycles. The number of aryl methyl sites for hydroxylation is 2. The van der Waals surface area contributed by atoms with Crippen LogP contribution in [0.5, 0.6) is 0 Å². The van der Waals surface area contributed by atoms with Gasteiger partial charge in [-0.3, -0.25) is 0 Å². The van der Waals surface area contributed by atoms with E-state index >= 15 is 0 Å². The van der Waals surface area contributed by atoms with E-state index in [1.54, 1.807) is 0 Å². The van der Waals surface area contributed by atoms with Crippen LogP contribution in [0, 0.1) is 11.8 Å². The molecule has 0 aliphatic heterocycles. The summed E-state index contributed by atoms with van der Waals surface area (Å²) < 4.78 is 0. The molecule has 2 rings (SSSR count). The van der Waals surface area contributed by atoms with Crippen LogP contribution in [-0.2, 0) is 30.8 Å². The van der Waals surface area contributed by atoms with Crippen LogP contribution in [0.15, 0.2) is 59.7 Å². The van der Waals surface area contributed by atoms with Crippen molar-refractivity contribution < 1.29 is 22.8 Å². The van der Waals surface area contributed by atoms with Crippen molar-refractivity contribution in [2.24, 2.45) is 0 Å². The van der Waals surface area contributed by atoms with Crippen molar-refractivity contribution >= 4 is 11.4 Å². The molecule has 0 bridgehead atoms. The molecule has 0 heterocycles. The summed E-state index contributed by atoms with van der Waals surface area (Å²) in [7, 11) is 0. The first kappa shape index (κ1) is 40.6. The predicted octanol–water partition coefficient (Wildman–Crippen LogP) is 12.9. The van der Waals surface area contributed by atoms with Crippen molar-refractivity contribution in [3.05, 3.63) is 87.5 Å². The Morgan fingerprint density at radius 2 is 1.40 bits per heavy atom. The number of allylic oxidation sites excluding steroid dienone is 2. The van der Waals surface area contributed by atoms with Crippen molar-refractivity contribution in [2.75, 3.05) is 0 Å². The van der Waals surface area contributed by atoms with Gasteiger partial charge in [0.2, 0.25) is 0 Å². The molecule has 0 radical (unpaired) electrons. The van der Waals surface area contributed by atoms with Gasteiger partial charge >= 0.3 is 47.5 Å². The average Bonchev–Trinajstić information content (AvgIpc) is 3.06. The Hall–Kier alpha value is -2.44. The molecule has 0 unspecified atom stereocenters. The minimum atomic E-state index is 0.853. The van der Waals surface area contributed by atoms with Crippen molar-refractivity contribution in [2.45, 2.75) is 154 Å². The second kappa shape index (κ2) is 27.8. The summed E-state index contributed by atoms with van der Waals surface area (Å²) in [5.41, 5.74) is 18.3. The van der Waals surface area contributed by atoms with Gasteiger partial charge in [0, 0.05) is 12.8 Å². The van der Waals surface area contributed by atoms with Crippen LogP contribution in [0.1, 0.15) is 154 Å². The molecule has 0 atom stereocenters. The van der Waals surface area contributed by atoms with Crippen molar-refractivity contribution in [1.82, 2.24) is 0 Å². The van der Waals surface area contributed by atoms with Gasteiger partial charge in [-0.15, -0.1) is 16.6 Å². The van der Waals surface area contributed by atoms with Gasteiger partial charge in [-0.25, -0.2) is 0 Å². The monoisotopic (exact) mass is 700 g/mol. The molecular weight excluding hydrogens is 639 g/mol.